The summed E-state index contributed by atoms with van der Waals surface area (Å²) >= 11 is 0. The zero-order valence-corrected chi connectivity index (χ0v) is 15.7. The van der Waals surface area contributed by atoms with Gasteiger partial charge in [-0.05, 0) is 39.0 Å². The maximum absolute atomic E-state index is 9.98. The largest absolute Gasteiger partial charge is 3.00 e. The molecule has 0 N–H and O–H groups in total. The molecule has 0 heterocycles. The first-order chi connectivity index (χ1) is 9.38. The number of carbonyl (C=O) groups excluding carboxylic acids is 3. The van der Waals surface area contributed by atoms with Crippen LogP contribution in [0, 0.1) is 38.6 Å². The Morgan fingerprint density at radius 3 is 0.682 bits per heavy atom. The standard InChI is InChI=1S/3C5H8O2.Tb/c3*1-4(6)3-5(2)7;/h3*3,6H,1-2H3;/q;;;+3/p-3/b3*4-3-;. The molecule has 0 rings (SSSR count). The molecule has 0 spiro atoms. The minimum absolute atomic E-state index is 0. The molecule has 0 aromatic rings. The molecule has 126 valence electrons. The van der Waals surface area contributed by atoms with Crippen molar-refractivity contribution in [2.45, 2.75) is 41.5 Å². The monoisotopic (exact) mass is 456 g/mol. The van der Waals surface area contributed by atoms with Crippen LogP contribution >= 0.6 is 0 Å². The minimum Gasteiger partial charge on any atom is -0.876 e. The van der Waals surface area contributed by atoms with E-state index in [4.69, 9.17) is 0 Å². The van der Waals surface area contributed by atoms with Crippen LogP contribution < -0.4 is 15.3 Å². The van der Waals surface area contributed by atoms with Gasteiger partial charge in [-0.1, -0.05) is 20.8 Å². The molecule has 0 aliphatic heterocycles. The molecule has 0 aromatic heterocycles. The predicted molar refractivity (Wildman–Crippen MR) is 73.3 cm³/mol. The fourth-order valence-electron chi connectivity index (χ4n) is 0.859. The molecule has 0 radical (unpaired) electrons. The van der Waals surface area contributed by atoms with Crippen molar-refractivity contribution in [3.8, 4) is 0 Å². The van der Waals surface area contributed by atoms with Crippen LogP contribution in [0.1, 0.15) is 41.5 Å². The smallest absolute Gasteiger partial charge is 0.876 e. The first-order valence-electron chi connectivity index (χ1n) is 5.96. The Bertz CT molecular complexity index is 368. The summed E-state index contributed by atoms with van der Waals surface area (Å²) in [4.78, 5) is 29.9. The Morgan fingerprint density at radius 1 is 0.545 bits per heavy atom. The second-order valence-electron chi connectivity index (χ2n) is 4.10. The van der Waals surface area contributed by atoms with Crippen LogP contribution in [-0.2, 0) is 14.4 Å². The SMILES string of the molecule is CC(=O)/C=C(/C)[O-].CC(=O)/C=C(/C)[O-].CC(=O)/C=C(/C)[O-].[Tb+3]. The quantitative estimate of drug-likeness (QED) is 0.418. The van der Waals surface area contributed by atoms with Crippen LogP contribution in [0.3, 0.4) is 0 Å². The van der Waals surface area contributed by atoms with Gasteiger partial charge < -0.3 is 15.3 Å². The molecule has 0 saturated heterocycles. The van der Waals surface area contributed by atoms with Gasteiger partial charge in [0.1, 0.15) is 0 Å². The van der Waals surface area contributed by atoms with Crippen molar-refractivity contribution in [3.05, 3.63) is 35.5 Å². The van der Waals surface area contributed by atoms with E-state index in [1.165, 1.54) is 41.5 Å². The zero-order chi connectivity index (χ0) is 17.6. The van der Waals surface area contributed by atoms with Crippen LogP contribution in [-0.4, -0.2) is 17.3 Å². The number of carbonyl (C=O) groups is 3. The van der Waals surface area contributed by atoms with E-state index in [-0.39, 0.29) is 73.2 Å². The van der Waals surface area contributed by atoms with Crippen molar-refractivity contribution in [1.82, 2.24) is 0 Å². The Labute approximate surface area is 162 Å². The zero-order valence-electron chi connectivity index (χ0n) is 13.5. The third-order valence-electron chi connectivity index (χ3n) is 1.22. The summed E-state index contributed by atoms with van der Waals surface area (Å²) in [5, 5.41) is 29.9. The molecular formula is C15H21O6Tb. The summed E-state index contributed by atoms with van der Waals surface area (Å²) in [6.45, 7) is 8.09. The number of allylic oxidation sites excluding steroid dienone is 6. The van der Waals surface area contributed by atoms with E-state index in [0.29, 0.717) is 0 Å². The topological polar surface area (TPSA) is 120 Å². The third-order valence-corrected chi connectivity index (χ3v) is 1.22. The van der Waals surface area contributed by atoms with Crippen molar-refractivity contribution < 1.29 is 68.3 Å². The average molecular weight is 456 g/mol. The molecule has 0 aliphatic rings. The van der Waals surface area contributed by atoms with Gasteiger partial charge in [0.25, 0.3) is 0 Å². The Morgan fingerprint density at radius 2 is 0.682 bits per heavy atom. The first-order valence-corrected chi connectivity index (χ1v) is 5.96. The summed E-state index contributed by atoms with van der Waals surface area (Å²) in [6, 6.07) is 0. The molecule has 6 nitrogen and oxygen atoms in total. The van der Waals surface area contributed by atoms with E-state index in [1.807, 2.05) is 0 Å². The van der Waals surface area contributed by atoms with E-state index in [0.717, 1.165) is 18.2 Å². The molecule has 0 fully saturated rings. The van der Waals surface area contributed by atoms with Crippen LogP contribution in [0.2, 0.25) is 0 Å². The summed E-state index contributed by atoms with van der Waals surface area (Å²) in [5.74, 6) is -1.12. The Hall–Kier alpha value is -1.08. The molecule has 0 amide bonds. The van der Waals surface area contributed by atoms with E-state index >= 15 is 0 Å². The second-order valence-corrected chi connectivity index (χ2v) is 4.10. The second kappa shape index (κ2) is 18.0. The van der Waals surface area contributed by atoms with Crippen molar-refractivity contribution in [2.75, 3.05) is 0 Å². The number of hydrogen-bond donors (Lipinski definition) is 0. The van der Waals surface area contributed by atoms with E-state index in [2.05, 4.69) is 0 Å². The molecule has 0 saturated carbocycles. The van der Waals surface area contributed by atoms with Gasteiger partial charge in [0, 0.05) is 0 Å². The molecule has 7 heteroatoms. The third kappa shape index (κ3) is 51.0. The van der Waals surface area contributed by atoms with E-state index in [1.54, 1.807) is 0 Å². The van der Waals surface area contributed by atoms with Gasteiger partial charge in [0.05, 0.1) is 0 Å². The molecule has 0 aromatic carbocycles. The summed E-state index contributed by atoms with van der Waals surface area (Å²) in [7, 11) is 0. The van der Waals surface area contributed by atoms with Crippen LogP contribution in [0.4, 0.5) is 0 Å². The van der Waals surface area contributed by atoms with Crippen molar-refractivity contribution in [1.29, 1.82) is 0 Å². The number of ketones is 3. The predicted octanol–water partition coefficient (Wildman–Crippen LogP) is -0.481. The fourth-order valence-corrected chi connectivity index (χ4v) is 0.859. The molecule has 0 bridgehead atoms. The summed E-state index contributed by atoms with van der Waals surface area (Å²) in [5.41, 5.74) is 0. The minimum atomic E-state index is -0.187. The maximum atomic E-state index is 9.98. The molecule has 0 unspecified atom stereocenters. The van der Waals surface area contributed by atoms with Gasteiger partial charge in [0.2, 0.25) is 0 Å². The van der Waals surface area contributed by atoms with Gasteiger partial charge in [-0.2, -0.15) is 0 Å². The number of hydrogen-bond acceptors (Lipinski definition) is 6. The van der Waals surface area contributed by atoms with Crippen molar-refractivity contribution in [3.63, 3.8) is 0 Å². The van der Waals surface area contributed by atoms with Crippen LogP contribution in [0.25, 0.3) is 0 Å². The van der Waals surface area contributed by atoms with Crippen LogP contribution in [0.5, 0.6) is 0 Å². The van der Waals surface area contributed by atoms with Gasteiger partial charge in [0.15, 0.2) is 17.3 Å². The normalized spacial score (nSPS) is 10.9. The van der Waals surface area contributed by atoms with Crippen LogP contribution in [0.15, 0.2) is 35.5 Å². The van der Waals surface area contributed by atoms with Gasteiger partial charge in [-0.25, -0.2) is 0 Å². The molecule has 0 aliphatic carbocycles. The van der Waals surface area contributed by atoms with Gasteiger partial charge >= 0.3 is 38.6 Å². The number of rotatable bonds is 3. The summed E-state index contributed by atoms with van der Waals surface area (Å²) in [6.07, 6.45) is 3.17. The van der Waals surface area contributed by atoms with Crippen molar-refractivity contribution >= 4 is 17.3 Å². The van der Waals surface area contributed by atoms with Gasteiger partial charge in [-0.15, -0.1) is 17.3 Å². The maximum Gasteiger partial charge on any atom is 3.00 e. The Kier molecular flexibility index (Phi) is 23.7. The molecule has 0 atom stereocenters. The molecular weight excluding hydrogens is 435 g/mol. The Balaban J connectivity index is -0.000000108. The first kappa shape index (κ1) is 29.0. The summed E-state index contributed by atoms with van der Waals surface area (Å²) < 4.78 is 0. The van der Waals surface area contributed by atoms with E-state index in [9.17, 15) is 29.7 Å². The van der Waals surface area contributed by atoms with Crippen molar-refractivity contribution in [2.24, 2.45) is 0 Å². The van der Waals surface area contributed by atoms with E-state index < -0.39 is 0 Å². The molecule has 22 heavy (non-hydrogen) atoms. The van der Waals surface area contributed by atoms with Gasteiger partial charge in [-0.3, -0.25) is 14.4 Å². The fraction of sp³-hybridized carbons (Fsp3) is 0.400. The average Bonchev–Trinajstić information content (AvgIpc) is 2.10.